The molecule has 1 N–H and O–H groups in total. The van der Waals surface area contributed by atoms with Gasteiger partial charge in [-0.05, 0) is 17.7 Å². The number of nitrogens with zero attached hydrogens (tertiary/aromatic N) is 1. The summed E-state index contributed by atoms with van der Waals surface area (Å²) in [7, 11) is 0. The van der Waals surface area contributed by atoms with Gasteiger partial charge in [-0.15, -0.1) is 13.2 Å². The molecule has 2 aromatic rings. The molecule has 2 rings (SSSR count). The zero-order valence-corrected chi connectivity index (χ0v) is 9.28. The first-order valence-electron chi connectivity index (χ1n) is 5.06. The largest absolute Gasteiger partial charge is 0.573 e. The van der Waals surface area contributed by atoms with Crippen molar-refractivity contribution in [2.75, 3.05) is 0 Å². The van der Waals surface area contributed by atoms with E-state index in [9.17, 15) is 22.7 Å². The lowest BCUT2D eigenvalue weighted by Crippen LogP contribution is -2.16. The first-order chi connectivity index (χ1) is 8.85. The third-order valence-corrected chi connectivity index (χ3v) is 2.25. The van der Waals surface area contributed by atoms with Crippen molar-refractivity contribution in [2.45, 2.75) is 6.36 Å². The van der Waals surface area contributed by atoms with Gasteiger partial charge in [-0.1, -0.05) is 12.1 Å². The number of benzene rings is 1. The molecule has 0 aliphatic rings. The quantitative estimate of drug-likeness (QED) is 0.672. The zero-order chi connectivity index (χ0) is 14.0. The van der Waals surface area contributed by atoms with Crippen LogP contribution in [0.1, 0.15) is 0 Å². The van der Waals surface area contributed by atoms with Gasteiger partial charge in [-0.25, -0.2) is 4.98 Å². The number of rotatable bonds is 2. The van der Waals surface area contributed by atoms with E-state index in [0.29, 0.717) is 5.56 Å². The molecule has 3 nitrogen and oxygen atoms in total. The van der Waals surface area contributed by atoms with E-state index in [-0.39, 0.29) is 11.3 Å². The molecule has 1 aromatic carbocycles. The van der Waals surface area contributed by atoms with Crippen LogP contribution in [0.5, 0.6) is 11.5 Å². The van der Waals surface area contributed by atoms with Crippen LogP contribution in [0.3, 0.4) is 0 Å². The van der Waals surface area contributed by atoms with E-state index < -0.39 is 18.1 Å². The lowest BCUT2D eigenvalue weighted by atomic mass is 10.1. The van der Waals surface area contributed by atoms with Crippen molar-refractivity contribution in [3.8, 4) is 22.6 Å². The maximum absolute atomic E-state index is 12.9. The Morgan fingerprint density at radius 3 is 2.32 bits per heavy atom. The van der Waals surface area contributed by atoms with Crippen LogP contribution in [0.4, 0.5) is 17.6 Å². The molecule has 0 atom stereocenters. The van der Waals surface area contributed by atoms with Gasteiger partial charge in [0.15, 0.2) is 0 Å². The second-order valence-electron chi connectivity index (χ2n) is 3.60. The van der Waals surface area contributed by atoms with Gasteiger partial charge in [-0.3, -0.25) is 0 Å². The average Bonchev–Trinajstić information content (AvgIpc) is 2.31. The van der Waals surface area contributed by atoms with E-state index in [2.05, 4.69) is 9.72 Å². The van der Waals surface area contributed by atoms with Crippen LogP contribution in [0.25, 0.3) is 11.1 Å². The van der Waals surface area contributed by atoms with E-state index in [1.54, 1.807) is 0 Å². The zero-order valence-electron chi connectivity index (χ0n) is 9.28. The number of aromatic nitrogens is 1. The molecule has 0 aliphatic carbocycles. The minimum Gasteiger partial charge on any atom is -0.506 e. The molecule has 7 heteroatoms. The molecule has 0 aliphatic heterocycles. The van der Waals surface area contributed by atoms with Crippen molar-refractivity contribution in [3.05, 3.63) is 42.5 Å². The van der Waals surface area contributed by atoms with Crippen LogP contribution in [0, 0.1) is 5.95 Å². The Labute approximate surface area is 105 Å². The van der Waals surface area contributed by atoms with Crippen molar-refractivity contribution < 1.29 is 27.4 Å². The van der Waals surface area contributed by atoms with E-state index in [1.807, 2.05) is 0 Å². The Bertz CT molecular complexity index is 581. The predicted octanol–water partition coefficient (Wildman–Crippen LogP) is 3.49. The number of ether oxygens (including phenoxy) is 1. The van der Waals surface area contributed by atoms with Crippen LogP contribution in [0.15, 0.2) is 36.5 Å². The molecule has 1 aromatic heterocycles. The number of aromatic hydroxyl groups is 1. The van der Waals surface area contributed by atoms with Gasteiger partial charge in [0, 0.05) is 11.6 Å². The number of halogens is 4. The normalized spacial score (nSPS) is 11.4. The monoisotopic (exact) mass is 273 g/mol. The minimum atomic E-state index is -4.77. The smallest absolute Gasteiger partial charge is 0.506 e. The Hall–Kier alpha value is -2.31. The maximum Gasteiger partial charge on any atom is 0.573 e. The SMILES string of the molecule is Oc1cnc(F)cc1-c1ccc(OC(F)(F)F)cc1. The third kappa shape index (κ3) is 3.34. The van der Waals surface area contributed by atoms with Crippen LogP contribution in [-0.2, 0) is 0 Å². The summed E-state index contributed by atoms with van der Waals surface area (Å²) in [6, 6.07) is 5.67. The molecule has 0 saturated carbocycles. The van der Waals surface area contributed by atoms with Crippen LogP contribution in [-0.4, -0.2) is 16.5 Å². The van der Waals surface area contributed by atoms with Crippen molar-refractivity contribution >= 4 is 0 Å². The fourth-order valence-electron chi connectivity index (χ4n) is 1.49. The molecule has 100 valence electrons. The molecule has 1 heterocycles. The standard InChI is InChI=1S/C12H7F4NO2/c13-11-5-9(10(18)6-17-11)7-1-3-8(4-2-7)19-12(14,15)16/h1-6,18H. The number of hydrogen-bond donors (Lipinski definition) is 1. The highest BCUT2D eigenvalue weighted by molar-refractivity contribution is 5.69. The fourth-order valence-corrected chi connectivity index (χ4v) is 1.49. The van der Waals surface area contributed by atoms with Crippen molar-refractivity contribution in [2.24, 2.45) is 0 Å². The van der Waals surface area contributed by atoms with E-state index in [1.165, 1.54) is 12.1 Å². The highest BCUT2D eigenvalue weighted by Gasteiger charge is 2.30. The van der Waals surface area contributed by atoms with Gasteiger partial charge in [0.1, 0.15) is 11.5 Å². The Morgan fingerprint density at radius 2 is 1.74 bits per heavy atom. The highest BCUT2D eigenvalue weighted by atomic mass is 19.4. The van der Waals surface area contributed by atoms with Crippen molar-refractivity contribution in [1.29, 1.82) is 0 Å². The van der Waals surface area contributed by atoms with Gasteiger partial charge in [0.05, 0.1) is 6.20 Å². The van der Waals surface area contributed by atoms with Gasteiger partial charge in [0.25, 0.3) is 0 Å². The van der Waals surface area contributed by atoms with E-state index in [4.69, 9.17) is 0 Å². The summed E-state index contributed by atoms with van der Waals surface area (Å²) < 4.78 is 52.5. The second-order valence-corrected chi connectivity index (χ2v) is 3.60. The predicted molar refractivity (Wildman–Crippen MR) is 58.0 cm³/mol. The average molecular weight is 273 g/mol. The van der Waals surface area contributed by atoms with E-state index >= 15 is 0 Å². The Morgan fingerprint density at radius 1 is 1.11 bits per heavy atom. The van der Waals surface area contributed by atoms with Gasteiger partial charge in [0.2, 0.25) is 5.95 Å². The summed E-state index contributed by atoms with van der Waals surface area (Å²) in [5.74, 6) is -1.47. The highest BCUT2D eigenvalue weighted by Crippen LogP contribution is 2.31. The third-order valence-electron chi connectivity index (χ3n) is 2.25. The lowest BCUT2D eigenvalue weighted by Gasteiger charge is -2.09. The minimum absolute atomic E-state index is 0.131. The molecule has 0 saturated heterocycles. The maximum atomic E-state index is 12.9. The second kappa shape index (κ2) is 4.75. The molecule has 19 heavy (non-hydrogen) atoms. The van der Waals surface area contributed by atoms with Crippen molar-refractivity contribution in [3.63, 3.8) is 0 Å². The topological polar surface area (TPSA) is 42.4 Å². The summed E-state index contributed by atoms with van der Waals surface area (Å²) in [6.45, 7) is 0. The first kappa shape index (κ1) is 13.1. The number of hydrogen-bond acceptors (Lipinski definition) is 3. The summed E-state index contributed by atoms with van der Waals surface area (Å²) in [5.41, 5.74) is 0.472. The molecule has 0 amide bonds. The first-order valence-corrected chi connectivity index (χ1v) is 5.06. The Kier molecular flexibility index (Phi) is 3.28. The molecular formula is C12H7F4NO2. The van der Waals surface area contributed by atoms with Gasteiger partial charge >= 0.3 is 6.36 Å². The van der Waals surface area contributed by atoms with Crippen LogP contribution in [0.2, 0.25) is 0 Å². The number of alkyl halides is 3. The summed E-state index contributed by atoms with van der Waals surface area (Å²) in [5, 5.41) is 9.50. The molecular weight excluding hydrogens is 266 g/mol. The summed E-state index contributed by atoms with van der Waals surface area (Å²) >= 11 is 0. The molecule has 0 bridgehead atoms. The number of pyridine rings is 1. The van der Waals surface area contributed by atoms with Gasteiger partial charge < -0.3 is 9.84 Å². The van der Waals surface area contributed by atoms with Gasteiger partial charge in [-0.2, -0.15) is 4.39 Å². The molecule has 0 spiro atoms. The molecule has 0 unspecified atom stereocenters. The fraction of sp³-hybridized carbons (Fsp3) is 0.0833. The van der Waals surface area contributed by atoms with E-state index in [0.717, 1.165) is 24.4 Å². The van der Waals surface area contributed by atoms with Crippen molar-refractivity contribution in [1.82, 2.24) is 4.98 Å². The van der Waals surface area contributed by atoms with Crippen LogP contribution < -0.4 is 4.74 Å². The Balaban J connectivity index is 2.30. The lowest BCUT2D eigenvalue weighted by molar-refractivity contribution is -0.274. The summed E-state index contributed by atoms with van der Waals surface area (Å²) in [6.07, 6.45) is -3.85. The molecule has 0 radical (unpaired) electrons. The molecule has 0 fully saturated rings. The summed E-state index contributed by atoms with van der Waals surface area (Å²) in [4.78, 5) is 3.24. The van der Waals surface area contributed by atoms with Crippen LogP contribution >= 0.6 is 0 Å².